The van der Waals surface area contributed by atoms with Crippen LogP contribution in [0.1, 0.15) is 16.1 Å². The highest BCUT2D eigenvalue weighted by Gasteiger charge is 2.14. The van der Waals surface area contributed by atoms with E-state index in [4.69, 9.17) is 10.3 Å². The highest BCUT2D eigenvalue weighted by atomic mass is 79.9. The number of nitrogens with zero attached hydrogens (tertiary/aromatic N) is 3. The third-order valence-corrected chi connectivity index (χ3v) is 5.19. The molecule has 5 nitrogen and oxygen atoms in total. The lowest BCUT2D eigenvalue weighted by Crippen LogP contribution is -1.94. The van der Waals surface area contributed by atoms with Crippen molar-refractivity contribution in [2.24, 2.45) is 5.73 Å². The molecule has 0 unspecified atom stereocenters. The first kappa shape index (κ1) is 14.4. The summed E-state index contributed by atoms with van der Waals surface area (Å²) in [6, 6.07) is 4.05. The van der Waals surface area contributed by atoms with Crippen molar-refractivity contribution in [3.05, 3.63) is 38.1 Å². The predicted octanol–water partition coefficient (Wildman–Crippen LogP) is 3.70. The van der Waals surface area contributed by atoms with Gasteiger partial charge in [-0.2, -0.15) is 4.98 Å². The van der Waals surface area contributed by atoms with E-state index in [1.165, 1.54) is 11.3 Å². The Kier molecular flexibility index (Phi) is 3.88. The fraction of sp³-hybridized carbons (Fsp3) is 0.214. The number of halogens is 1. The van der Waals surface area contributed by atoms with Gasteiger partial charge in [0.2, 0.25) is 5.82 Å². The predicted molar refractivity (Wildman–Crippen MR) is 85.9 cm³/mol. The molecule has 3 rings (SSSR count). The van der Waals surface area contributed by atoms with E-state index in [9.17, 15) is 0 Å². The normalized spacial score (nSPS) is 11.0. The van der Waals surface area contributed by atoms with Crippen LogP contribution in [0.2, 0.25) is 0 Å². The van der Waals surface area contributed by atoms with Crippen molar-refractivity contribution >= 4 is 27.3 Å². The minimum Gasteiger partial charge on any atom is -0.332 e. The quantitative estimate of drug-likeness (QED) is 0.766. The van der Waals surface area contributed by atoms with Gasteiger partial charge in [0.25, 0.3) is 5.89 Å². The molecule has 1 aromatic carbocycles. The molecule has 2 aromatic heterocycles. The summed E-state index contributed by atoms with van der Waals surface area (Å²) >= 11 is 5.04. The minimum absolute atomic E-state index is 0.413. The van der Waals surface area contributed by atoms with E-state index in [0.29, 0.717) is 24.0 Å². The maximum Gasteiger partial charge on any atom is 0.277 e. The van der Waals surface area contributed by atoms with Crippen molar-refractivity contribution in [2.45, 2.75) is 20.4 Å². The van der Waals surface area contributed by atoms with Gasteiger partial charge in [0.15, 0.2) is 0 Å². The molecule has 0 spiro atoms. The van der Waals surface area contributed by atoms with Crippen LogP contribution >= 0.6 is 27.3 Å². The second-order valence-corrected chi connectivity index (χ2v) is 6.41. The van der Waals surface area contributed by atoms with Crippen LogP contribution in [0.15, 0.2) is 26.5 Å². The molecule has 2 heterocycles. The number of rotatable bonds is 3. The summed E-state index contributed by atoms with van der Waals surface area (Å²) < 4.78 is 6.40. The lowest BCUT2D eigenvalue weighted by molar-refractivity contribution is 0.431. The summed E-state index contributed by atoms with van der Waals surface area (Å²) in [6.45, 7) is 4.49. The molecule has 0 amide bonds. The molecule has 0 aliphatic carbocycles. The second-order valence-electron chi connectivity index (χ2n) is 4.68. The SMILES string of the molecule is Cc1cc(-c2noc(-c3csc(CN)n3)n2)cc(C)c1Br. The molecule has 3 aromatic rings. The molecule has 0 aliphatic heterocycles. The van der Waals surface area contributed by atoms with Crippen LogP contribution in [0, 0.1) is 13.8 Å². The number of hydrogen-bond donors (Lipinski definition) is 1. The molecule has 0 aliphatic rings. The van der Waals surface area contributed by atoms with E-state index in [1.807, 2.05) is 31.4 Å². The third kappa shape index (κ3) is 2.76. The molecular weight excluding hydrogens is 352 g/mol. The van der Waals surface area contributed by atoms with Gasteiger partial charge in [0.05, 0.1) is 0 Å². The first-order valence-corrected chi connectivity index (χ1v) is 8.01. The largest absolute Gasteiger partial charge is 0.332 e. The molecule has 108 valence electrons. The Labute approximate surface area is 134 Å². The summed E-state index contributed by atoms with van der Waals surface area (Å²) in [7, 11) is 0. The van der Waals surface area contributed by atoms with Crippen LogP contribution < -0.4 is 5.73 Å². The molecule has 0 radical (unpaired) electrons. The smallest absolute Gasteiger partial charge is 0.277 e. The zero-order valence-corrected chi connectivity index (χ0v) is 14.0. The Morgan fingerprint density at radius 1 is 1.24 bits per heavy atom. The second kappa shape index (κ2) is 5.67. The van der Waals surface area contributed by atoms with Gasteiger partial charge in [0, 0.05) is 22.0 Å². The van der Waals surface area contributed by atoms with Gasteiger partial charge in [-0.3, -0.25) is 0 Å². The van der Waals surface area contributed by atoms with Crippen LogP contribution in [0.25, 0.3) is 23.0 Å². The van der Waals surface area contributed by atoms with Crippen molar-refractivity contribution in [3.8, 4) is 23.0 Å². The average molecular weight is 365 g/mol. The Morgan fingerprint density at radius 3 is 2.57 bits per heavy atom. The molecule has 0 atom stereocenters. The molecule has 21 heavy (non-hydrogen) atoms. The van der Waals surface area contributed by atoms with E-state index < -0.39 is 0 Å². The van der Waals surface area contributed by atoms with E-state index in [0.717, 1.165) is 26.2 Å². The molecule has 0 saturated carbocycles. The number of aromatic nitrogens is 3. The maximum atomic E-state index is 5.56. The van der Waals surface area contributed by atoms with Gasteiger partial charge < -0.3 is 10.3 Å². The Balaban J connectivity index is 1.98. The van der Waals surface area contributed by atoms with Gasteiger partial charge in [-0.15, -0.1) is 11.3 Å². The fourth-order valence-electron chi connectivity index (χ4n) is 2.02. The topological polar surface area (TPSA) is 77.8 Å². The molecule has 2 N–H and O–H groups in total. The van der Waals surface area contributed by atoms with Crippen molar-refractivity contribution in [1.29, 1.82) is 0 Å². The molecule has 0 bridgehead atoms. The third-order valence-electron chi connectivity index (χ3n) is 3.07. The standard InChI is InChI=1S/C14H13BrN4OS/c1-7-3-9(4-8(2)12(7)15)13-18-14(20-19-13)10-6-21-11(5-16)17-10/h3-4,6H,5,16H2,1-2H3. The van der Waals surface area contributed by atoms with Crippen LogP contribution in [0.4, 0.5) is 0 Å². The highest BCUT2D eigenvalue weighted by molar-refractivity contribution is 9.10. The van der Waals surface area contributed by atoms with Gasteiger partial charge in [-0.25, -0.2) is 4.98 Å². The van der Waals surface area contributed by atoms with E-state index in [1.54, 1.807) is 0 Å². The molecular formula is C14H13BrN4OS. The van der Waals surface area contributed by atoms with E-state index >= 15 is 0 Å². The zero-order chi connectivity index (χ0) is 15.0. The highest BCUT2D eigenvalue weighted by Crippen LogP contribution is 2.28. The van der Waals surface area contributed by atoms with Crippen molar-refractivity contribution in [3.63, 3.8) is 0 Å². The first-order valence-electron chi connectivity index (χ1n) is 6.34. The van der Waals surface area contributed by atoms with Crippen molar-refractivity contribution in [2.75, 3.05) is 0 Å². The number of hydrogen-bond acceptors (Lipinski definition) is 6. The number of benzene rings is 1. The van der Waals surface area contributed by atoms with Crippen LogP contribution in [0.3, 0.4) is 0 Å². The molecule has 0 fully saturated rings. The number of thiazole rings is 1. The van der Waals surface area contributed by atoms with Gasteiger partial charge >= 0.3 is 0 Å². The zero-order valence-electron chi connectivity index (χ0n) is 11.6. The van der Waals surface area contributed by atoms with Crippen molar-refractivity contribution in [1.82, 2.24) is 15.1 Å². The van der Waals surface area contributed by atoms with Gasteiger partial charge in [-0.05, 0) is 37.1 Å². The lowest BCUT2D eigenvalue weighted by atomic mass is 10.1. The minimum atomic E-state index is 0.413. The molecule has 0 saturated heterocycles. The van der Waals surface area contributed by atoms with Crippen LogP contribution in [0.5, 0.6) is 0 Å². The van der Waals surface area contributed by atoms with E-state index in [2.05, 4.69) is 31.1 Å². The maximum absolute atomic E-state index is 5.56. The Morgan fingerprint density at radius 2 is 1.95 bits per heavy atom. The summed E-state index contributed by atoms with van der Waals surface area (Å²) in [5.74, 6) is 0.977. The van der Waals surface area contributed by atoms with Gasteiger partial charge in [-0.1, -0.05) is 21.1 Å². The summed E-state index contributed by atoms with van der Waals surface area (Å²) in [5.41, 5.74) is 9.43. The monoisotopic (exact) mass is 364 g/mol. The van der Waals surface area contributed by atoms with E-state index in [-0.39, 0.29) is 0 Å². The van der Waals surface area contributed by atoms with Crippen LogP contribution in [-0.4, -0.2) is 15.1 Å². The van der Waals surface area contributed by atoms with Crippen molar-refractivity contribution < 1.29 is 4.52 Å². The summed E-state index contributed by atoms with van der Waals surface area (Å²) in [6.07, 6.45) is 0. The number of aryl methyl sites for hydroxylation is 2. The fourth-order valence-corrected chi connectivity index (χ4v) is 2.90. The summed E-state index contributed by atoms with van der Waals surface area (Å²) in [4.78, 5) is 8.77. The average Bonchev–Trinajstić information content (AvgIpc) is 3.12. The van der Waals surface area contributed by atoms with Gasteiger partial charge in [0.1, 0.15) is 10.7 Å². The van der Waals surface area contributed by atoms with Crippen LogP contribution in [-0.2, 0) is 6.54 Å². The number of nitrogens with two attached hydrogens (primary N) is 1. The Hall–Kier alpha value is -1.57. The Bertz CT molecular complexity index is 773. The molecule has 7 heteroatoms. The lowest BCUT2D eigenvalue weighted by Gasteiger charge is -2.04. The summed E-state index contributed by atoms with van der Waals surface area (Å²) in [5, 5.41) is 6.76. The first-order chi connectivity index (χ1) is 10.1.